The average molecular weight is 290 g/mol. The van der Waals surface area contributed by atoms with Gasteiger partial charge in [-0.15, -0.1) is 0 Å². The van der Waals surface area contributed by atoms with Gasteiger partial charge in [-0.05, 0) is 12.8 Å². The van der Waals surface area contributed by atoms with E-state index in [1.54, 1.807) is 18.2 Å². The van der Waals surface area contributed by atoms with Gasteiger partial charge in [0.05, 0.1) is 6.61 Å². The molecule has 0 radical (unpaired) electrons. The number of ketones is 1. The number of ether oxygens (including phenoxy) is 2. The third-order valence-corrected chi connectivity index (χ3v) is 2.49. The van der Waals surface area contributed by atoms with Gasteiger partial charge in [0.15, 0.2) is 6.61 Å². The summed E-state index contributed by atoms with van der Waals surface area (Å²) < 4.78 is 9.46. The van der Waals surface area contributed by atoms with Crippen LogP contribution in [0.3, 0.4) is 0 Å². The van der Waals surface area contributed by atoms with E-state index in [0.29, 0.717) is 6.42 Å². The van der Waals surface area contributed by atoms with Gasteiger partial charge in [0.25, 0.3) is 5.78 Å². The number of rotatable bonds is 8. The lowest BCUT2D eigenvalue weighted by atomic mass is 10.1. The van der Waals surface area contributed by atoms with Gasteiger partial charge in [0.2, 0.25) is 0 Å². The van der Waals surface area contributed by atoms with Crippen molar-refractivity contribution >= 4 is 17.7 Å². The van der Waals surface area contributed by atoms with Gasteiger partial charge in [-0.1, -0.05) is 49.4 Å². The van der Waals surface area contributed by atoms with Crippen LogP contribution in [0.2, 0.25) is 0 Å². The van der Waals surface area contributed by atoms with Crippen molar-refractivity contribution in [1.82, 2.24) is 0 Å². The molecule has 0 aliphatic rings. The molecule has 0 saturated carbocycles. The van der Waals surface area contributed by atoms with E-state index >= 15 is 0 Å². The molecule has 0 bridgehead atoms. The fourth-order valence-electron chi connectivity index (χ4n) is 1.46. The van der Waals surface area contributed by atoms with Gasteiger partial charge in [0, 0.05) is 5.56 Å². The van der Waals surface area contributed by atoms with Crippen molar-refractivity contribution in [3.05, 3.63) is 48.0 Å². The van der Waals surface area contributed by atoms with Crippen molar-refractivity contribution in [1.29, 1.82) is 0 Å². The monoisotopic (exact) mass is 290 g/mol. The van der Waals surface area contributed by atoms with E-state index in [1.807, 2.05) is 19.1 Å². The first-order chi connectivity index (χ1) is 10.1. The molecule has 5 nitrogen and oxygen atoms in total. The molecule has 0 unspecified atom stereocenters. The van der Waals surface area contributed by atoms with E-state index in [0.717, 1.165) is 6.42 Å². The molecule has 112 valence electrons. The molecule has 1 aromatic rings. The first-order valence-electron chi connectivity index (χ1n) is 6.72. The molecule has 5 heteroatoms. The second-order valence-corrected chi connectivity index (χ2v) is 4.16. The Bertz CT molecular complexity index is 505. The number of carbonyl (C=O) groups excluding carboxylic acids is 3. The summed E-state index contributed by atoms with van der Waals surface area (Å²) in [4.78, 5) is 34.4. The molecular weight excluding hydrogens is 272 g/mol. The summed E-state index contributed by atoms with van der Waals surface area (Å²) >= 11 is 0. The van der Waals surface area contributed by atoms with Crippen molar-refractivity contribution in [2.45, 2.75) is 19.8 Å². The standard InChI is InChI=1S/C16H18O5/c1-2-3-4-8-11-20-14(17)12-21-16(19)15(18)13-9-6-5-7-10-13/h3-7,9-10H,2,8,11-12H2,1H3/b4-3-. The van der Waals surface area contributed by atoms with Crippen molar-refractivity contribution in [2.24, 2.45) is 0 Å². The molecule has 0 spiro atoms. The topological polar surface area (TPSA) is 69.7 Å². The van der Waals surface area contributed by atoms with E-state index in [4.69, 9.17) is 4.74 Å². The predicted octanol–water partition coefficient (Wildman–Crippen LogP) is 2.31. The molecule has 0 aromatic heterocycles. The smallest absolute Gasteiger partial charge is 0.380 e. The fourth-order valence-corrected chi connectivity index (χ4v) is 1.46. The highest BCUT2D eigenvalue weighted by molar-refractivity contribution is 6.40. The number of esters is 2. The van der Waals surface area contributed by atoms with Crippen LogP contribution in [0, 0.1) is 0 Å². The Hall–Kier alpha value is -2.43. The van der Waals surface area contributed by atoms with E-state index in [1.165, 1.54) is 12.1 Å². The minimum Gasteiger partial charge on any atom is -0.463 e. The minimum absolute atomic E-state index is 0.222. The summed E-state index contributed by atoms with van der Waals surface area (Å²) in [5.41, 5.74) is 0.223. The van der Waals surface area contributed by atoms with E-state index in [-0.39, 0.29) is 12.2 Å². The first-order valence-corrected chi connectivity index (χ1v) is 6.72. The minimum atomic E-state index is -1.07. The molecule has 21 heavy (non-hydrogen) atoms. The molecule has 1 aromatic carbocycles. The number of Topliss-reactive ketones (excluding diaryl/α,β-unsaturated/α-hetero) is 1. The highest BCUT2D eigenvalue weighted by Gasteiger charge is 2.18. The maximum Gasteiger partial charge on any atom is 0.380 e. The molecule has 0 saturated heterocycles. The van der Waals surface area contributed by atoms with Crippen molar-refractivity contribution in [2.75, 3.05) is 13.2 Å². The van der Waals surface area contributed by atoms with Gasteiger partial charge in [-0.25, -0.2) is 9.59 Å². The lowest BCUT2D eigenvalue weighted by molar-refractivity contribution is -0.156. The third kappa shape index (κ3) is 6.51. The zero-order chi connectivity index (χ0) is 15.5. The van der Waals surface area contributed by atoms with Gasteiger partial charge in [-0.3, -0.25) is 4.79 Å². The Balaban J connectivity index is 2.28. The molecule has 0 heterocycles. The van der Waals surface area contributed by atoms with E-state index in [2.05, 4.69) is 4.74 Å². The lowest BCUT2D eigenvalue weighted by Gasteiger charge is -2.04. The Morgan fingerprint density at radius 2 is 1.76 bits per heavy atom. The third-order valence-electron chi connectivity index (χ3n) is 2.49. The highest BCUT2D eigenvalue weighted by Crippen LogP contribution is 2.01. The van der Waals surface area contributed by atoms with Gasteiger partial charge in [0.1, 0.15) is 0 Å². The van der Waals surface area contributed by atoms with Crippen molar-refractivity contribution < 1.29 is 23.9 Å². The van der Waals surface area contributed by atoms with Gasteiger partial charge >= 0.3 is 11.9 Å². The zero-order valence-electron chi connectivity index (χ0n) is 11.9. The summed E-state index contributed by atoms with van der Waals surface area (Å²) in [5, 5.41) is 0. The lowest BCUT2D eigenvalue weighted by Crippen LogP contribution is -2.22. The Labute approximate surface area is 123 Å². The Morgan fingerprint density at radius 1 is 1.05 bits per heavy atom. The quantitative estimate of drug-likeness (QED) is 0.241. The van der Waals surface area contributed by atoms with Crippen LogP contribution < -0.4 is 0 Å². The predicted molar refractivity (Wildman–Crippen MR) is 76.7 cm³/mol. The molecule has 1 rings (SSSR count). The number of allylic oxidation sites excluding steroid dienone is 1. The molecule has 0 aliphatic heterocycles. The molecule has 0 aliphatic carbocycles. The maximum atomic E-state index is 11.7. The van der Waals surface area contributed by atoms with Crippen LogP contribution in [0.4, 0.5) is 0 Å². The fraction of sp³-hybridized carbons (Fsp3) is 0.312. The number of hydrogen-bond acceptors (Lipinski definition) is 5. The van der Waals surface area contributed by atoms with Crippen LogP contribution in [0.5, 0.6) is 0 Å². The van der Waals surface area contributed by atoms with Crippen LogP contribution >= 0.6 is 0 Å². The summed E-state index contributed by atoms with van der Waals surface area (Å²) in [7, 11) is 0. The first kappa shape index (κ1) is 16.6. The van der Waals surface area contributed by atoms with E-state index < -0.39 is 24.3 Å². The highest BCUT2D eigenvalue weighted by atomic mass is 16.6. The Morgan fingerprint density at radius 3 is 2.43 bits per heavy atom. The van der Waals surface area contributed by atoms with Gasteiger partial charge < -0.3 is 9.47 Å². The normalized spacial score (nSPS) is 10.3. The van der Waals surface area contributed by atoms with Crippen LogP contribution in [0.25, 0.3) is 0 Å². The number of carbonyl (C=O) groups is 3. The molecule has 0 atom stereocenters. The molecule has 0 fully saturated rings. The zero-order valence-corrected chi connectivity index (χ0v) is 11.9. The van der Waals surface area contributed by atoms with Crippen molar-refractivity contribution in [3.8, 4) is 0 Å². The number of benzene rings is 1. The van der Waals surface area contributed by atoms with Crippen LogP contribution in [0.1, 0.15) is 30.1 Å². The molecule has 0 N–H and O–H groups in total. The maximum absolute atomic E-state index is 11.7. The summed E-state index contributed by atoms with van der Waals surface area (Å²) in [6.07, 6.45) is 5.40. The van der Waals surface area contributed by atoms with Gasteiger partial charge in [-0.2, -0.15) is 0 Å². The summed E-state index contributed by atoms with van der Waals surface area (Å²) in [6.45, 7) is 1.67. The summed E-state index contributed by atoms with van der Waals surface area (Å²) in [5.74, 6) is -2.52. The van der Waals surface area contributed by atoms with Crippen LogP contribution in [-0.2, 0) is 19.1 Å². The van der Waals surface area contributed by atoms with Crippen molar-refractivity contribution in [3.63, 3.8) is 0 Å². The molecular formula is C16H18O5. The summed E-state index contributed by atoms with van der Waals surface area (Å²) in [6, 6.07) is 8.01. The van der Waals surface area contributed by atoms with Crippen LogP contribution in [0.15, 0.2) is 42.5 Å². The SMILES string of the molecule is CC/C=C\CCOC(=O)COC(=O)C(=O)c1ccccc1. The second kappa shape index (κ2) is 9.47. The molecule has 0 amide bonds. The largest absolute Gasteiger partial charge is 0.463 e. The van der Waals surface area contributed by atoms with E-state index in [9.17, 15) is 14.4 Å². The average Bonchev–Trinajstić information content (AvgIpc) is 2.52. The number of hydrogen-bond donors (Lipinski definition) is 0. The van der Waals surface area contributed by atoms with Crippen LogP contribution in [-0.4, -0.2) is 30.9 Å². The Kier molecular flexibility index (Phi) is 7.50. The second-order valence-electron chi connectivity index (χ2n) is 4.16.